The third-order valence-electron chi connectivity index (χ3n) is 7.02. The fourth-order valence-corrected chi connectivity index (χ4v) is 5.19. The summed E-state index contributed by atoms with van der Waals surface area (Å²) in [4.78, 5) is 14.5. The Morgan fingerprint density at radius 2 is 1.85 bits per heavy atom. The van der Waals surface area contributed by atoms with Crippen molar-refractivity contribution in [1.29, 1.82) is 0 Å². The minimum atomic E-state index is -0.195. The Morgan fingerprint density at radius 1 is 1.06 bits per heavy atom. The van der Waals surface area contributed by atoms with Crippen LogP contribution < -0.4 is 10.1 Å². The lowest BCUT2D eigenvalue weighted by Gasteiger charge is -2.27. The van der Waals surface area contributed by atoms with Gasteiger partial charge >= 0.3 is 0 Å². The van der Waals surface area contributed by atoms with E-state index >= 15 is 0 Å². The number of piperidine rings is 1. The number of aliphatic hydroxyl groups excluding tert-OH is 1. The molecule has 2 aromatic heterocycles. The Labute approximate surface area is 199 Å². The lowest BCUT2D eigenvalue weighted by atomic mass is 9.82. The van der Waals surface area contributed by atoms with Crippen LogP contribution in [0.2, 0.25) is 5.02 Å². The van der Waals surface area contributed by atoms with Gasteiger partial charge in [0.15, 0.2) is 0 Å². The normalized spacial score (nSPS) is 21.9. The van der Waals surface area contributed by atoms with Gasteiger partial charge in [-0.25, -0.2) is 15.0 Å². The van der Waals surface area contributed by atoms with E-state index in [0.717, 1.165) is 84.5 Å². The SMILES string of the molecule is Cc1ccc(Cl)cc1Cc1ncc2c(OC3CCNCC3)ncc(C3CCC(O)CC3)c2n1. The van der Waals surface area contributed by atoms with Crippen LogP contribution in [0.1, 0.15) is 67.0 Å². The van der Waals surface area contributed by atoms with E-state index in [1.807, 2.05) is 30.6 Å². The minimum Gasteiger partial charge on any atom is -0.474 e. The van der Waals surface area contributed by atoms with Crippen LogP contribution in [0.5, 0.6) is 5.88 Å². The summed E-state index contributed by atoms with van der Waals surface area (Å²) in [6.07, 6.45) is 9.88. The van der Waals surface area contributed by atoms with Crippen LogP contribution in [-0.4, -0.2) is 45.4 Å². The maximum absolute atomic E-state index is 9.99. The Hall–Kier alpha value is -2.28. The van der Waals surface area contributed by atoms with Gasteiger partial charge in [0.05, 0.1) is 17.0 Å². The van der Waals surface area contributed by atoms with Crippen molar-refractivity contribution in [2.45, 2.75) is 70.0 Å². The molecule has 174 valence electrons. The smallest absolute Gasteiger partial charge is 0.224 e. The molecule has 33 heavy (non-hydrogen) atoms. The first-order valence-corrected chi connectivity index (χ1v) is 12.4. The number of aliphatic hydroxyl groups is 1. The van der Waals surface area contributed by atoms with E-state index in [-0.39, 0.29) is 12.2 Å². The average Bonchev–Trinajstić information content (AvgIpc) is 2.83. The van der Waals surface area contributed by atoms with Gasteiger partial charge in [-0.2, -0.15) is 0 Å². The van der Waals surface area contributed by atoms with E-state index in [2.05, 4.69) is 12.2 Å². The summed E-state index contributed by atoms with van der Waals surface area (Å²) in [5, 5.41) is 15.0. The van der Waals surface area contributed by atoms with E-state index < -0.39 is 0 Å². The van der Waals surface area contributed by atoms with Crippen LogP contribution >= 0.6 is 11.6 Å². The molecular formula is C26H31ClN4O2. The second-order valence-electron chi connectivity index (χ2n) is 9.39. The number of rotatable bonds is 5. The van der Waals surface area contributed by atoms with Gasteiger partial charge in [-0.3, -0.25) is 0 Å². The summed E-state index contributed by atoms with van der Waals surface area (Å²) in [6.45, 7) is 4.01. The maximum atomic E-state index is 9.99. The zero-order valence-electron chi connectivity index (χ0n) is 19.1. The predicted octanol–water partition coefficient (Wildman–Crippen LogP) is 4.73. The summed E-state index contributed by atoms with van der Waals surface area (Å²) in [5.41, 5.74) is 4.37. The molecule has 0 spiro atoms. The van der Waals surface area contributed by atoms with Crippen LogP contribution in [-0.2, 0) is 6.42 Å². The number of hydrogen-bond acceptors (Lipinski definition) is 6. The van der Waals surface area contributed by atoms with E-state index in [1.165, 1.54) is 5.56 Å². The molecule has 2 aliphatic rings. The Kier molecular flexibility index (Phi) is 6.76. The van der Waals surface area contributed by atoms with E-state index in [0.29, 0.717) is 18.2 Å². The van der Waals surface area contributed by atoms with E-state index in [4.69, 9.17) is 31.3 Å². The molecule has 1 aliphatic carbocycles. The third kappa shape index (κ3) is 5.13. The first-order valence-electron chi connectivity index (χ1n) is 12.0. The van der Waals surface area contributed by atoms with Gasteiger partial charge in [-0.1, -0.05) is 17.7 Å². The Balaban J connectivity index is 1.52. The zero-order valence-corrected chi connectivity index (χ0v) is 19.8. The monoisotopic (exact) mass is 466 g/mol. The number of benzene rings is 1. The van der Waals surface area contributed by atoms with Gasteiger partial charge in [0, 0.05) is 29.4 Å². The Morgan fingerprint density at radius 3 is 2.64 bits per heavy atom. The number of nitrogens with zero attached hydrogens (tertiary/aromatic N) is 3. The molecule has 5 rings (SSSR count). The molecule has 0 bridgehead atoms. The van der Waals surface area contributed by atoms with Gasteiger partial charge in [0.1, 0.15) is 11.9 Å². The zero-order chi connectivity index (χ0) is 22.8. The van der Waals surface area contributed by atoms with E-state index in [9.17, 15) is 5.11 Å². The topological polar surface area (TPSA) is 80.2 Å². The lowest BCUT2D eigenvalue weighted by molar-refractivity contribution is 0.122. The van der Waals surface area contributed by atoms with Gasteiger partial charge in [-0.15, -0.1) is 0 Å². The molecule has 3 heterocycles. The van der Waals surface area contributed by atoms with Gasteiger partial charge in [0.25, 0.3) is 0 Å². The third-order valence-corrected chi connectivity index (χ3v) is 7.26. The van der Waals surface area contributed by atoms with Crippen LogP contribution in [0, 0.1) is 6.92 Å². The number of pyridine rings is 1. The molecule has 2 N–H and O–H groups in total. The highest BCUT2D eigenvalue weighted by atomic mass is 35.5. The standard InChI is InChI=1S/C26H31ClN4O2/c1-16-2-5-19(27)12-18(16)13-24-29-15-23-25(31-24)22(17-3-6-20(32)7-4-17)14-30-26(23)33-21-8-10-28-11-9-21/h2,5,12,14-15,17,20-21,28,32H,3-4,6-11,13H2,1H3. The van der Waals surface area contributed by atoms with Crippen LogP contribution in [0.25, 0.3) is 10.9 Å². The minimum absolute atomic E-state index is 0.159. The Bertz CT molecular complexity index is 1120. The number of hydrogen-bond donors (Lipinski definition) is 2. The molecule has 0 unspecified atom stereocenters. The largest absolute Gasteiger partial charge is 0.474 e. The van der Waals surface area contributed by atoms with E-state index in [1.54, 1.807) is 0 Å². The number of ether oxygens (including phenoxy) is 1. The van der Waals surface area contributed by atoms with Crippen LogP contribution in [0.3, 0.4) is 0 Å². The quantitative estimate of drug-likeness (QED) is 0.566. The molecule has 1 saturated carbocycles. The van der Waals surface area contributed by atoms with Crippen molar-refractivity contribution in [2.24, 2.45) is 0 Å². The number of halogens is 1. The number of fused-ring (bicyclic) bond motifs is 1. The summed E-state index contributed by atoms with van der Waals surface area (Å²) in [5.74, 6) is 1.73. The average molecular weight is 467 g/mol. The fraction of sp³-hybridized carbons (Fsp3) is 0.500. The van der Waals surface area contributed by atoms with Gasteiger partial charge < -0.3 is 15.2 Å². The van der Waals surface area contributed by atoms with Crippen molar-refractivity contribution >= 4 is 22.5 Å². The summed E-state index contributed by atoms with van der Waals surface area (Å²) in [7, 11) is 0. The fourth-order valence-electron chi connectivity index (χ4n) is 4.99. The molecule has 7 heteroatoms. The summed E-state index contributed by atoms with van der Waals surface area (Å²) >= 11 is 6.24. The highest BCUT2D eigenvalue weighted by Gasteiger charge is 2.25. The maximum Gasteiger partial charge on any atom is 0.224 e. The number of aromatic nitrogens is 3. The molecule has 6 nitrogen and oxygen atoms in total. The highest BCUT2D eigenvalue weighted by Crippen LogP contribution is 2.38. The summed E-state index contributed by atoms with van der Waals surface area (Å²) < 4.78 is 6.33. The molecule has 1 saturated heterocycles. The molecular weight excluding hydrogens is 436 g/mol. The molecule has 0 amide bonds. The number of aryl methyl sites for hydroxylation is 1. The van der Waals surface area contributed by atoms with Crippen molar-refractivity contribution in [2.75, 3.05) is 13.1 Å². The van der Waals surface area contributed by atoms with Gasteiger partial charge in [-0.05, 0) is 87.7 Å². The second-order valence-corrected chi connectivity index (χ2v) is 9.82. The highest BCUT2D eigenvalue weighted by molar-refractivity contribution is 6.30. The molecule has 2 fully saturated rings. The van der Waals surface area contributed by atoms with Crippen LogP contribution in [0.4, 0.5) is 0 Å². The molecule has 0 radical (unpaired) electrons. The second kappa shape index (κ2) is 9.92. The first kappa shape index (κ1) is 22.5. The van der Waals surface area contributed by atoms with Crippen LogP contribution in [0.15, 0.2) is 30.6 Å². The van der Waals surface area contributed by atoms with Crippen molar-refractivity contribution in [3.05, 3.63) is 58.1 Å². The van der Waals surface area contributed by atoms with Crippen molar-refractivity contribution in [3.63, 3.8) is 0 Å². The van der Waals surface area contributed by atoms with Crippen molar-refractivity contribution < 1.29 is 9.84 Å². The van der Waals surface area contributed by atoms with Gasteiger partial charge in [0.2, 0.25) is 5.88 Å². The lowest BCUT2D eigenvalue weighted by Crippen LogP contribution is -2.34. The summed E-state index contributed by atoms with van der Waals surface area (Å²) in [6, 6.07) is 5.94. The molecule has 1 aromatic carbocycles. The van der Waals surface area contributed by atoms with Crippen molar-refractivity contribution in [3.8, 4) is 5.88 Å². The first-order chi connectivity index (χ1) is 16.1. The molecule has 1 aliphatic heterocycles. The predicted molar refractivity (Wildman–Crippen MR) is 130 cm³/mol. The number of nitrogens with one attached hydrogen (secondary N) is 1. The molecule has 3 aromatic rings. The van der Waals surface area contributed by atoms with Crippen molar-refractivity contribution in [1.82, 2.24) is 20.3 Å². The molecule has 0 atom stereocenters.